The van der Waals surface area contributed by atoms with Crippen LogP contribution in [0, 0.1) is 5.92 Å². The lowest BCUT2D eigenvalue weighted by Crippen LogP contribution is -2.44. The van der Waals surface area contributed by atoms with Crippen molar-refractivity contribution in [3.05, 3.63) is 0 Å². The quantitative estimate of drug-likeness (QED) is 0.488. The number of hydrogen-bond acceptors (Lipinski definition) is 4. The molecule has 1 amide bonds. The highest BCUT2D eigenvalue weighted by Gasteiger charge is 2.24. The van der Waals surface area contributed by atoms with E-state index in [0.29, 0.717) is 6.42 Å². The molecule has 0 heterocycles. The molecule has 0 aromatic carbocycles. The lowest BCUT2D eigenvalue weighted by molar-refractivity contribution is -0.149. The van der Waals surface area contributed by atoms with Gasteiger partial charge < -0.3 is 15.2 Å². The number of carbonyl (C=O) groups is 2. The number of amides is 1. The summed E-state index contributed by atoms with van der Waals surface area (Å²) < 4.78 is 4.89. The molecule has 0 aromatic rings. The Kier molecular flexibility index (Phi) is 6.70. The maximum Gasteiger partial charge on any atom is 0.328 e. The second-order valence-corrected chi connectivity index (χ2v) is 3.67. The number of hydrogen-bond donors (Lipinski definition) is 2. The lowest BCUT2D eigenvalue weighted by atomic mass is 10.0. The maximum absolute atomic E-state index is 11.5. The summed E-state index contributed by atoms with van der Waals surface area (Å²) >= 11 is 0. The minimum atomic E-state index is -0.610. The number of aliphatic hydroxyl groups is 1. The Morgan fingerprint density at radius 1 is 1.40 bits per heavy atom. The highest BCUT2D eigenvalue weighted by atomic mass is 16.5. The van der Waals surface area contributed by atoms with Crippen LogP contribution >= 0.6 is 0 Å². The Hall–Kier alpha value is -1.10. The Balaban J connectivity index is 4.11. The summed E-state index contributed by atoms with van der Waals surface area (Å²) in [5.41, 5.74) is 0. The third-order valence-corrected chi connectivity index (χ3v) is 1.83. The SMILES string of the molecule is CC(=O)NC(C(=O)OCCCO)C(C)C. The van der Waals surface area contributed by atoms with Crippen molar-refractivity contribution in [2.45, 2.75) is 33.2 Å². The molecule has 2 N–H and O–H groups in total. The van der Waals surface area contributed by atoms with Gasteiger partial charge in [0.2, 0.25) is 5.91 Å². The van der Waals surface area contributed by atoms with E-state index < -0.39 is 12.0 Å². The molecule has 5 nitrogen and oxygen atoms in total. The molecule has 15 heavy (non-hydrogen) atoms. The number of esters is 1. The Labute approximate surface area is 89.8 Å². The smallest absolute Gasteiger partial charge is 0.328 e. The van der Waals surface area contributed by atoms with E-state index in [1.807, 2.05) is 13.8 Å². The first kappa shape index (κ1) is 13.9. The zero-order valence-electron chi connectivity index (χ0n) is 9.45. The molecule has 0 bridgehead atoms. The predicted octanol–water partition coefficient (Wildman–Crippen LogP) is 0.0727. The van der Waals surface area contributed by atoms with E-state index in [2.05, 4.69) is 5.32 Å². The average molecular weight is 217 g/mol. The van der Waals surface area contributed by atoms with Crippen LogP contribution in [-0.2, 0) is 14.3 Å². The first-order chi connectivity index (χ1) is 6.99. The molecule has 88 valence electrons. The minimum absolute atomic E-state index is 0.0141. The highest BCUT2D eigenvalue weighted by molar-refractivity contribution is 5.83. The second kappa shape index (κ2) is 7.23. The van der Waals surface area contributed by atoms with Gasteiger partial charge in [-0.05, 0) is 5.92 Å². The predicted molar refractivity (Wildman–Crippen MR) is 55.1 cm³/mol. The molecule has 5 heteroatoms. The molecule has 0 rings (SSSR count). The van der Waals surface area contributed by atoms with Crippen LogP contribution in [0.1, 0.15) is 27.2 Å². The van der Waals surface area contributed by atoms with Crippen LogP contribution < -0.4 is 5.32 Å². The van der Waals surface area contributed by atoms with Crippen molar-refractivity contribution in [1.29, 1.82) is 0 Å². The molecule has 0 aliphatic carbocycles. The molecule has 0 saturated carbocycles. The number of ether oxygens (including phenoxy) is 1. The van der Waals surface area contributed by atoms with Gasteiger partial charge in [-0.1, -0.05) is 13.8 Å². The standard InChI is InChI=1S/C10H19NO4/c1-7(2)9(11-8(3)13)10(14)15-6-4-5-12/h7,9,12H,4-6H2,1-3H3,(H,11,13). The fourth-order valence-corrected chi connectivity index (χ4v) is 1.04. The molecule has 0 saturated heterocycles. The number of rotatable bonds is 6. The minimum Gasteiger partial charge on any atom is -0.464 e. The van der Waals surface area contributed by atoms with E-state index in [-0.39, 0.29) is 25.0 Å². The van der Waals surface area contributed by atoms with Crippen LogP contribution in [0.25, 0.3) is 0 Å². The zero-order valence-corrected chi connectivity index (χ0v) is 9.45. The second-order valence-electron chi connectivity index (χ2n) is 3.67. The number of nitrogens with one attached hydrogen (secondary N) is 1. The molecule has 0 aliphatic heterocycles. The first-order valence-electron chi connectivity index (χ1n) is 5.03. The molecular weight excluding hydrogens is 198 g/mol. The van der Waals surface area contributed by atoms with Gasteiger partial charge in [-0.3, -0.25) is 4.79 Å². The average Bonchev–Trinajstić information content (AvgIpc) is 2.13. The van der Waals surface area contributed by atoms with Crippen molar-refractivity contribution in [3.63, 3.8) is 0 Å². The summed E-state index contributed by atoms with van der Waals surface area (Å²) in [5, 5.41) is 11.0. The van der Waals surface area contributed by atoms with Gasteiger partial charge in [0.05, 0.1) is 6.61 Å². The van der Waals surface area contributed by atoms with E-state index in [1.165, 1.54) is 6.92 Å². The van der Waals surface area contributed by atoms with Crippen LogP contribution in [0.15, 0.2) is 0 Å². The molecule has 0 radical (unpaired) electrons. The molecule has 0 aromatic heterocycles. The normalized spacial score (nSPS) is 12.3. The molecule has 1 atom stereocenters. The van der Waals surface area contributed by atoms with Crippen molar-refractivity contribution >= 4 is 11.9 Å². The van der Waals surface area contributed by atoms with Gasteiger partial charge in [0.15, 0.2) is 0 Å². The summed E-state index contributed by atoms with van der Waals surface area (Å²) in [7, 11) is 0. The van der Waals surface area contributed by atoms with Gasteiger partial charge in [-0.15, -0.1) is 0 Å². The third-order valence-electron chi connectivity index (χ3n) is 1.83. The van der Waals surface area contributed by atoms with Crippen LogP contribution in [0.5, 0.6) is 0 Å². The highest BCUT2D eigenvalue weighted by Crippen LogP contribution is 2.04. The zero-order chi connectivity index (χ0) is 11.8. The van der Waals surface area contributed by atoms with Gasteiger partial charge >= 0.3 is 5.97 Å². The van der Waals surface area contributed by atoms with Crippen molar-refractivity contribution in [2.75, 3.05) is 13.2 Å². The van der Waals surface area contributed by atoms with Crippen molar-refractivity contribution in [3.8, 4) is 0 Å². The fraction of sp³-hybridized carbons (Fsp3) is 0.800. The van der Waals surface area contributed by atoms with Crippen molar-refractivity contribution < 1.29 is 19.4 Å². The summed E-state index contributed by atoms with van der Waals surface area (Å²) in [6.07, 6.45) is 0.413. The van der Waals surface area contributed by atoms with Gasteiger partial charge in [0.25, 0.3) is 0 Å². The summed E-state index contributed by atoms with van der Waals surface area (Å²) in [5.74, 6) is -0.725. The van der Waals surface area contributed by atoms with E-state index in [1.54, 1.807) is 0 Å². The first-order valence-corrected chi connectivity index (χ1v) is 5.03. The Morgan fingerprint density at radius 3 is 2.40 bits per heavy atom. The molecule has 0 spiro atoms. The summed E-state index contributed by atoms with van der Waals surface area (Å²) in [6, 6.07) is -0.610. The number of carbonyl (C=O) groups excluding carboxylic acids is 2. The number of aliphatic hydroxyl groups excluding tert-OH is 1. The third kappa shape index (κ3) is 6.06. The van der Waals surface area contributed by atoms with Crippen molar-refractivity contribution in [1.82, 2.24) is 5.32 Å². The van der Waals surface area contributed by atoms with Gasteiger partial charge in [-0.2, -0.15) is 0 Å². The van der Waals surface area contributed by atoms with Gasteiger partial charge in [-0.25, -0.2) is 4.79 Å². The van der Waals surface area contributed by atoms with Crippen LogP contribution in [0.3, 0.4) is 0 Å². The molecule has 0 aliphatic rings. The monoisotopic (exact) mass is 217 g/mol. The van der Waals surface area contributed by atoms with Crippen LogP contribution in [-0.4, -0.2) is 36.2 Å². The fourth-order valence-electron chi connectivity index (χ4n) is 1.04. The topological polar surface area (TPSA) is 75.6 Å². The van der Waals surface area contributed by atoms with E-state index in [9.17, 15) is 9.59 Å². The van der Waals surface area contributed by atoms with Crippen LogP contribution in [0.4, 0.5) is 0 Å². The van der Waals surface area contributed by atoms with Crippen molar-refractivity contribution in [2.24, 2.45) is 5.92 Å². The lowest BCUT2D eigenvalue weighted by Gasteiger charge is -2.19. The molecule has 1 unspecified atom stereocenters. The maximum atomic E-state index is 11.5. The van der Waals surface area contributed by atoms with E-state index >= 15 is 0 Å². The van der Waals surface area contributed by atoms with E-state index in [0.717, 1.165) is 0 Å². The molecule has 0 fully saturated rings. The van der Waals surface area contributed by atoms with Gasteiger partial charge in [0, 0.05) is 20.0 Å². The Bertz CT molecular complexity index is 215. The Morgan fingerprint density at radius 2 is 2.00 bits per heavy atom. The summed E-state index contributed by atoms with van der Waals surface area (Å²) in [6.45, 7) is 5.18. The van der Waals surface area contributed by atoms with Crippen LogP contribution in [0.2, 0.25) is 0 Å². The van der Waals surface area contributed by atoms with Gasteiger partial charge in [0.1, 0.15) is 6.04 Å². The summed E-state index contributed by atoms with van der Waals surface area (Å²) in [4.78, 5) is 22.3. The van der Waals surface area contributed by atoms with E-state index in [4.69, 9.17) is 9.84 Å². The largest absolute Gasteiger partial charge is 0.464 e. The molecular formula is C10H19NO4.